The molecule has 0 aliphatic heterocycles. The van der Waals surface area contributed by atoms with Crippen molar-refractivity contribution in [2.45, 2.75) is 69.6 Å². The number of unbranched alkanes of at least 4 members (excludes halogenated alkanes) is 2. The summed E-state index contributed by atoms with van der Waals surface area (Å²) in [6.07, 6.45) is 10.9. The van der Waals surface area contributed by atoms with E-state index < -0.39 is 0 Å². The molecule has 1 unspecified atom stereocenters. The highest BCUT2D eigenvalue weighted by Gasteiger charge is 2.17. The molecule has 3 heteroatoms. The second kappa shape index (κ2) is 8.43. The lowest BCUT2D eigenvalue weighted by Gasteiger charge is -2.17. The molecule has 0 aromatic rings. The Morgan fingerprint density at radius 2 is 2.07 bits per heavy atom. The van der Waals surface area contributed by atoms with Crippen molar-refractivity contribution < 1.29 is 0 Å². The van der Waals surface area contributed by atoms with Gasteiger partial charge in [0.15, 0.2) is 0 Å². The van der Waals surface area contributed by atoms with Crippen LogP contribution in [-0.2, 0) is 0 Å². The Balaban J connectivity index is 2.04. The van der Waals surface area contributed by atoms with Crippen LogP contribution in [0.15, 0.2) is 0 Å². The lowest BCUT2D eigenvalue weighted by molar-refractivity contribution is 0.506. The minimum Gasteiger partial charge on any atom is -0.271 e. The molecule has 1 aliphatic carbocycles. The number of hydrogen-bond donors (Lipinski definition) is 2. The first-order valence-corrected chi connectivity index (χ1v) is 7.49. The van der Waals surface area contributed by atoms with E-state index >= 15 is 0 Å². The van der Waals surface area contributed by atoms with Crippen molar-refractivity contribution in [3.63, 3.8) is 0 Å². The van der Waals surface area contributed by atoms with E-state index in [0.29, 0.717) is 6.04 Å². The summed E-state index contributed by atoms with van der Waals surface area (Å²) < 4.78 is 0. The molecule has 3 N–H and O–H groups in total. The number of nitrogens with two attached hydrogens (primary N) is 1. The molecule has 0 aromatic heterocycles. The van der Waals surface area contributed by atoms with Crippen molar-refractivity contribution >= 4 is 11.8 Å². The molecule has 0 spiro atoms. The molecule has 0 radical (unpaired) electrons. The first-order valence-electron chi connectivity index (χ1n) is 6.44. The van der Waals surface area contributed by atoms with Crippen LogP contribution in [0.5, 0.6) is 0 Å². The highest BCUT2D eigenvalue weighted by Crippen LogP contribution is 2.30. The number of thioether (sulfide) groups is 1. The van der Waals surface area contributed by atoms with Crippen LogP contribution in [0.25, 0.3) is 0 Å². The average Bonchev–Trinajstić information content (AvgIpc) is 2.76. The lowest BCUT2D eigenvalue weighted by Crippen LogP contribution is -2.37. The van der Waals surface area contributed by atoms with Gasteiger partial charge in [0.1, 0.15) is 0 Å². The number of rotatable bonds is 8. The highest BCUT2D eigenvalue weighted by atomic mass is 32.2. The maximum atomic E-state index is 5.58. The molecule has 90 valence electrons. The fourth-order valence-electron chi connectivity index (χ4n) is 2.16. The highest BCUT2D eigenvalue weighted by molar-refractivity contribution is 7.99. The van der Waals surface area contributed by atoms with E-state index in [1.165, 1.54) is 57.1 Å². The third-order valence-corrected chi connectivity index (χ3v) is 4.76. The molecule has 0 aromatic carbocycles. The van der Waals surface area contributed by atoms with Crippen LogP contribution < -0.4 is 11.3 Å². The van der Waals surface area contributed by atoms with Crippen LogP contribution in [0.3, 0.4) is 0 Å². The van der Waals surface area contributed by atoms with Gasteiger partial charge in [0.25, 0.3) is 0 Å². The van der Waals surface area contributed by atoms with E-state index in [4.69, 9.17) is 5.84 Å². The Bertz CT molecular complexity index is 147. The largest absolute Gasteiger partial charge is 0.271 e. The van der Waals surface area contributed by atoms with Crippen molar-refractivity contribution in [2.24, 2.45) is 5.84 Å². The number of nitrogens with one attached hydrogen (secondary N) is 1. The van der Waals surface area contributed by atoms with Crippen LogP contribution in [-0.4, -0.2) is 17.0 Å². The van der Waals surface area contributed by atoms with Gasteiger partial charge in [-0.1, -0.05) is 39.0 Å². The first-order chi connectivity index (χ1) is 7.36. The summed E-state index contributed by atoms with van der Waals surface area (Å²) in [4.78, 5) is 0. The fraction of sp³-hybridized carbons (Fsp3) is 1.00. The average molecular weight is 230 g/mol. The lowest BCUT2D eigenvalue weighted by atomic mass is 10.1. The van der Waals surface area contributed by atoms with Gasteiger partial charge >= 0.3 is 0 Å². The quantitative estimate of drug-likeness (QED) is 0.382. The summed E-state index contributed by atoms with van der Waals surface area (Å²) >= 11 is 2.13. The Labute approximate surface area is 98.7 Å². The molecule has 15 heavy (non-hydrogen) atoms. The Hall–Kier alpha value is 0.270. The van der Waals surface area contributed by atoms with Crippen LogP contribution >= 0.6 is 11.8 Å². The van der Waals surface area contributed by atoms with Crippen LogP contribution in [0.2, 0.25) is 0 Å². The van der Waals surface area contributed by atoms with Crippen LogP contribution in [0, 0.1) is 0 Å². The maximum Gasteiger partial charge on any atom is 0.0301 e. The zero-order chi connectivity index (χ0) is 10.9. The van der Waals surface area contributed by atoms with E-state index in [0.717, 1.165) is 5.25 Å². The summed E-state index contributed by atoms with van der Waals surface area (Å²) in [5.41, 5.74) is 2.96. The van der Waals surface area contributed by atoms with Crippen molar-refractivity contribution in [3.8, 4) is 0 Å². The SMILES string of the molecule is CCCCCC(CSC1CCCC1)NN. The molecule has 0 bridgehead atoms. The molecule has 0 amide bonds. The minimum absolute atomic E-state index is 0.530. The van der Waals surface area contributed by atoms with Gasteiger partial charge in [0, 0.05) is 17.0 Å². The van der Waals surface area contributed by atoms with E-state index in [-0.39, 0.29) is 0 Å². The monoisotopic (exact) mass is 230 g/mol. The van der Waals surface area contributed by atoms with Crippen LogP contribution in [0.1, 0.15) is 58.3 Å². The molecule has 1 aliphatic rings. The van der Waals surface area contributed by atoms with Gasteiger partial charge in [-0.3, -0.25) is 11.3 Å². The topological polar surface area (TPSA) is 38.0 Å². The molecule has 1 rings (SSSR count). The molecule has 1 atom stereocenters. The summed E-state index contributed by atoms with van der Waals surface area (Å²) in [7, 11) is 0. The van der Waals surface area contributed by atoms with Gasteiger partial charge in [0.05, 0.1) is 0 Å². The Morgan fingerprint density at radius 3 is 2.67 bits per heavy atom. The van der Waals surface area contributed by atoms with Gasteiger partial charge in [-0.25, -0.2) is 0 Å². The zero-order valence-corrected chi connectivity index (χ0v) is 10.8. The van der Waals surface area contributed by atoms with Gasteiger partial charge in [-0.15, -0.1) is 0 Å². The molecule has 1 saturated carbocycles. The van der Waals surface area contributed by atoms with E-state index in [9.17, 15) is 0 Å². The third-order valence-electron chi connectivity index (χ3n) is 3.23. The van der Waals surface area contributed by atoms with Crippen molar-refractivity contribution in [1.82, 2.24) is 5.43 Å². The number of hydrazine groups is 1. The van der Waals surface area contributed by atoms with Gasteiger partial charge < -0.3 is 0 Å². The van der Waals surface area contributed by atoms with Gasteiger partial charge in [-0.2, -0.15) is 11.8 Å². The molecule has 1 fully saturated rings. The zero-order valence-electron chi connectivity index (χ0n) is 10.0. The van der Waals surface area contributed by atoms with Crippen molar-refractivity contribution in [2.75, 3.05) is 5.75 Å². The van der Waals surface area contributed by atoms with Gasteiger partial charge in [0.2, 0.25) is 0 Å². The summed E-state index contributed by atoms with van der Waals surface area (Å²) in [5.74, 6) is 6.78. The molecule has 2 nitrogen and oxygen atoms in total. The minimum atomic E-state index is 0.530. The first kappa shape index (κ1) is 13.3. The van der Waals surface area contributed by atoms with Gasteiger partial charge in [-0.05, 0) is 19.3 Å². The van der Waals surface area contributed by atoms with Crippen molar-refractivity contribution in [3.05, 3.63) is 0 Å². The molecule has 0 heterocycles. The third kappa shape index (κ3) is 5.79. The Morgan fingerprint density at radius 1 is 1.33 bits per heavy atom. The summed E-state index contributed by atoms with van der Waals surface area (Å²) in [5, 5.41) is 0.923. The normalized spacial score (nSPS) is 19.6. The molecule has 0 saturated heterocycles. The standard InChI is InChI=1S/C12H26N2S/c1-2-3-4-7-11(14-13)10-15-12-8-5-6-9-12/h11-12,14H,2-10,13H2,1H3. The second-order valence-electron chi connectivity index (χ2n) is 4.60. The smallest absolute Gasteiger partial charge is 0.0301 e. The number of hydrogen-bond acceptors (Lipinski definition) is 3. The predicted molar refractivity (Wildman–Crippen MR) is 70.0 cm³/mol. The van der Waals surface area contributed by atoms with E-state index in [1.54, 1.807) is 0 Å². The Kier molecular flexibility index (Phi) is 7.49. The van der Waals surface area contributed by atoms with Crippen molar-refractivity contribution in [1.29, 1.82) is 0 Å². The second-order valence-corrected chi connectivity index (χ2v) is 5.93. The predicted octanol–water partition coefficient (Wildman–Crippen LogP) is 3.07. The molecular formula is C12H26N2S. The van der Waals surface area contributed by atoms with Crippen LogP contribution in [0.4, 0.5) is 0 Å². The van der Waals surface area contributed by atoms with E-state index in [2.05, 4.69) is 24.1 Å². The fourth-order valence-corrected chi connectivity index (χ4v) is 3.60. The molecular weight excluding hydrogens is 204 g/mol. The summed E-state index contributed by atoms with van der Waals surface area (Å²) in [6, 6.07) is 0.530. The summed E-state index contributed by atoms with van der Waals surface area (Å²) in [6.45, 7) is 2.25. The maximum absolute atomic E-state index is 5.58. The van der Waals surface area contributed by atoms with E-state index in [1.807, 2.05) is 0 Å².